The van der Waals surface area contributed by atoms with Crippen LogP contribution in [0.2, 0.25) is 0 Å². The van der Waals surface area contributed by atoms with Crippen molar-refractivity contribution in [1.82, 2.24) is 0 Å². The number of aryl methyl sites for hydroxylation is 2. The zero-order valence-electron chi connectivity index (χ0n) is 18.2. The van der Waals surface area contributed by atoms with Crippen molar-refractivity contribution in [3.8, 4) is 11.5 Å². The first-order chi connectivity index (χ1) is 14.5. The standard InChI is InChI=1S/C25H29NO4/c1-5-6-7-8-11-29-22-10-9-19(16-23(22)28-4)15-21-25(27)30-24(26-21)20-13-17(2)12-18(3)14-20/h9-10,12-16H,5-8,11H2,1-4H3/b21-15+. The Morgan fingerprint density at radius 2 is 1.77 bits per heavy atom. The monoisotopic (exact) mass is 407 g/mol. The van der Waals surface area contributed by atoms with Gasteiger partial charge in [0.25, 0.3) is 0 Å². The second kappa shape index (κ2) is 10.1. The molecular formula is C25H29NO4. The molecule has 0 amide bonds. The molecule has 0 atom stereocenters. The molecular weight excluding hydrogens is 378 g/mol. The number of aliphatic imine (C=N–C) groups is 1. The molecule has 1 heterocycles. The number of nitrogens with zero attached hydrogens (tertiary/aromatic N) is 1. The Kier molecular flexibility index (Phi) is 7.28. The summed E-state index contributed by atoms with van der Waals surface area (Å²) in [5, 5.41) is 0. The maximum absolute atomic E-state index is 12.3. The van der Waals surface area contributed by atoms with Gasteiger partial charge >= 0.3 is 5.97 Å². The number of unbranched alkanes of at least 4 members (excludes halogenated alkanes) is 3. The average Bonchev–Trinajstić information content (AvgIpc) is 3.08. The summed E-state index contributed by atoms with van der Waals surface area (Å²) in [5.41, 5.74) is 4.04. The molecule has 0 spiro atoms. The van der Waals surface area contributed by atoms with E-state index in [0.717, 1.165) is 35.1 Å². The minimum Gasteiger partial charge on any atom is -0.493 e. The zero-order chi connectivity index (χ0) is 21.5. The first-order valence-electron chi connectivity index (χ1n) is 10.4. The molecule has 1 aliphatic heterocycles. The minimum absolute atomic E-state index is 0.263. The zero-order valence-corrected chi connectivity index (χ0v) is 18.2. The minimum atomic E-state index is -0.459. The van der Waals surface area contributed by atoms with Crippen molar-refractivity contribution in [3.05, 3.63) is 64.3 Å². The summed E-state index contributed by atoms with van der Waals surface area (Å²) < 4.78 is 16.7. The molecule has 3 rings (SSSR count). The third kappa shape index (κ3) is 5.50. The van der Waals surface area contributed by atoms with Crippen molar-refractivity contribution in [2.75, 3.05) is 13.7 Å². The van der Waals surface area contributed by atoms with Crippen LogP contribution in [-0.2, 0) is 9.53 Å². The second-order valence-electron chi connectivity index (χ2n) is 7.53. The maximum atomic E-state index is 12.3. The number of hydrogen-bond acceptors (Lipinski definition) is 5. The lowest BCUT2D eigenvalue weighted by Crippen LogP contribution is -2.06. The number of esters is 1. The van der Waals surface area contributed by atoms with Crippen LogP contribution in [-0.4, -0.2) is 25.6 Å². The van der Waals surface area contributed by atoms with E-state index in [1.165, 1.54) is 12.8 Å². The number of hydrogen-bond donors (Lipinski definition) is 0. The van der Waals surface area contributed by atoms with Crippen molar-refractivity contribution in [2.24, 2.45) is 4.99 Å². The first kappa shape index (κ1) is 21.6. The molecule has 1 aliphatic rings. The summed E-state index contributed by atoms with van der Waals surface area (Å²) in [6.07, 6.45) is 6.29. The number of benzene rings is 2. The highest BCUT2D eigenvalue weighted by atomic mass is 16.6. The van der Waals surface area contributed by atoms with Crippen LogP contribution in [0.1, 0.15) is 54.9 Å². The molecule has 5 heteroatoms. The molecule has 0 saturated heterocycles. The van der Waals surface area contributed by atoms with Crippen molar-refractivity contribution in [1.29, 1.82) is 0 Å². The van der Waals surface area contributed by atoms with Gasteiger partial charge in [-0.05, 0) is 56.2 Å². The maximum Gasteiger partial charge on any atom is 0.363 e. The van der Waals surface area contributed by atoms with Crippen molar-refractivity contribution >= 4 is 17.9 Å². The predicted molar refractivity (Wildman–Crippen MR) is 119 cm³/mol. The first-order valence-corrected chi connectivity index (χ1v) is 10.4. The van der Waals surface area contributed by atoms with E-state index in [1.54, 1.807) is 13.2 Å². The van der Waals surface area contributed by atoms with Crippen LogP contribution >= 0.6 is 0 Å². The summed E-state index contributed by atoms with van der Waals surface area (Å²) in [6.45, 7) is 6.85. The molecule has 0 saturated carbocycles. The molecule has 158 valence electrons. The van der Waals surface area contributed by atoms with E-state index in [2.05, 4.69) is 18.0 Å². The predicted octanol–water partition coefficient (Wildman–Crippen LogP) is 5.62. The van der Waals surface area contributed by atoms with Gasteiger partial charge in [-0.15, -0.1) is 0 Å². The Balaban J connectivity index is 1.76. The normalized spacial score (nSPS) is 14.6. The lowest BCUT2D eigenvalue weighted by molar-refractivity contribution is -0.129. The van der Waals surface area contributed by atoms with Crippen LogP contribution < -0.4 is 9.47 Å². The van der Waals surface area contributed by atoms with E-state index in [9.17, 15) is 4.79 Å². The number of cyclic esters (lactones) is 1. The van der Waals surface area contributed by atoms with Crippen LogP contribution in [0.5, 0.6) is 11.5 Å². The Morgan fingerprint density at radius 1 is 1.00 bits per heavy atom. The van der Waals surface area contributed by atoms with E-state index in [0.29, 0.717) is 24.0 Å². The highest BCUT2D eigenvalue weighted by Crippen LogP contribution is 2.30. The molecule has 5 nitrogen and oxygen atoms in total. The van der Waals surface area contributed by atoms with Crippen LogP contribution in [0.4, 0.5) is 0 Å². The lowest BCUT2D eigenvalue weighted by Gasteiger charge is -2.11. The summed E-state index contributed by atoms with van der Waals surface area (Å²) in [4.78, 5) is 16.7. The SMILES string of the molecule is CCCCCCOc1ccc(/C=C2/N=C(c3cc(C)cc(C)c3)OC2=O)cc1OC. The summed E-state index contributed by atoms with van der Waals surface area (Å²) in [6, 6.07) is 11.6. The second-order valence-corrected chi connectivity index (χ2v) is 7.53. The number of carbonyl (C=O) groups excluding carboxylic acids is 1. The van der Waals surface area contributed by atoms with Gasteiger partial charge in [-0.25, -0.2) is 9.79 Å². The molecule has 2 aromatic rings. The third-order valence-corrected chi connectivity index (χ3v) is 4.84. The largest absolute Gasteiger partial charge is 0.493 e. The molecule has 0 aliphatic carbocycles. The summed E-state index contributed by atoms with van der Waals surface area (Å²) >= 11 is 0. The quantitative estimate of drug-likeness (QED) is 0.308. The fourth-order valence-corrected chi connectivity index (χ4v) is 3.39. The molecule has 2 aromatic carbocycles. The van der Waals surface area contributed by atoms with Gasteiger partial charge in [0, 0.05) is 5.56 Å². The number of rotatable bonds is 9. The average molecular weight is 408 g/mol. The molecule has 0 aromatic heterocycles. The van der Waals surface area contributed by atoms with Crippen LogP contribution in [0, 0.1) is 13.8 Å². The molecule has 0 unspecified atom stereocenters. The van der Waals surface area contributed by atoms with Gasteiger partial charge in [-0.2, -0.15) is 0 Å². The number of methoxy groups -OCH3 is 1. The van der Waals surface area contributed by atoms with Crippen LogP contribution in [0.25, 0.3) is 6.08 Å². The van der Waals surface area contributed by atoms with Gasteiger partial charge in [0.1, 0.15) is 0 Å². The van der Waals surface area contributed by atoms with Gasteiger partial charge in [0.15, 0.2) is 17.2 Å². The fourth-order valence-electron chi connectivity index (χ4n) is 3.39. The van der Waals surface area contributed by atoms with Crippen molar-refractivity contribution in [3.63, 3.8) is 0 Å². The smallest absolute Gasteiger partial charge is 0.363 e. The molecule has 0 fully saturated rings. The van der Waals surface area contributed by atoms with E-state index >= 15 is 0 Å². The molecule has 30 heavy (non-hydrogen) atoms. The van der Waals surface area contributed by atoms with Gasteiger partial charge in [-0.3, -0.25) is 0 Å². The fraction of sp³-hybridized carbons (Fsp3) is 0.360. The highest BCUT2D eigenvalue weighted by Gasteiger charge is 2.24. The van der Waals surface area contributed by atoms with E-state index in [-0.39, 0.29) is 5.70 Å². The topological polar surface area (TPSA) is 57.1 Å². The van der Waals surface area contributed by atoms with Crippen molar-refractivity contribution < 1.29 is 19.0 Å². The van der Waals surface area contributed by atoms with E-state index in [4.69, 9.17) is 14.2 Å². The molecule has 0 N–H and O–H groups in total. The Bertz CT molecular complexity index is 955. The van der Waals surface area contributed by atoms with E-state index in [1.807, 2.05) is 44.2 Å². The lowest BCUT2D eigenvalue weighted by atomic mass is 10.1. The summed E-state index contributed by atoms with van der Waals surface area (Å²) in [5.74, 6) is 1.20. The Hall–Kier alpha value is -3.08. The Labute approximate surface area is 178 Å². The van der Waals surface area contributed by atoms with Gasteiger partial charge in [0.2, 0.25) is 5.90 Å². The number of carbonyl (C=O) groups is 1. The van der Waals surface area contributed by atoms with E-state index < -0.39 is 5.97 Å². The van der Waals surface area contributed by atoms with Crippen LogP contribution in [0.15, 0.2) is 47.1 Å². The summed E-state index contributed by atoms with van der Waals surface area (Å²) in [7, 11) is 1.61. The van der Waals surface area contributed by atoms with Crippen LogP contribution in [0.3, 0.4) is 0 Å². The highest BCUT2D eigenvalue weighted by molar-refractivity contribution is 6.13. The molecule has 0 bridgehead atoms. The van der Waals surface area contributed by atoms with Gasteiger partial charge in [0.05, 0.1) is 13.7 Å². The number of ether oxygens (including phenoxy) is 3. The third-order valence-electron chi connectivity index (χ3n) is 4.84. The van der Waals surface area contributed by atoms with Gasteiger partial charge < -0.3 is 14.2 Å². The van der Waals surface area contributed by atoms with Crippen molar-refractivity contribution in [2.45, 2.75) is 46.5 Å². The molecule has 0 radical (unpaired) electrons. The van der Waals surface area contributed by atoms with Gasteiger partial charge in [-0.1, -0.05) is 49.4 Å². The Morgan fingerprint density at radius 3 is 2.47 bits per heavy atom.